The average Bonchev–Trinajstić information content (AvgIpc) is 2.37. The summed E-state index contributed by atoms with van der Waals surface area (Å²) in [6.07, 6.45) is 0.862. The number of carbonyl (C=O) groups excluding carboxylic acids is 1. The van der Waals surface area contributed by atoms with Gasteiger partial charge in [-0.2, -0.15) is 5.26 Å². The van der Waals surface area contributed by atoms with E-state index in [0.717, 1.165) is 5.56 Å². The molecule has 4 heteroatoms. The summed E-state index contributed by atoms with van der Waals surface area (Å²) in [5, 5.41) is 11.8. The van der Waals surface area contributed by atoms with Gasteiger partial charge >= 0.3 is 0 Å². The predicted octanol–water partition coefficient (Wildman–Crippen LogP) is 3.40. The number of benzene rings is 1. The van der Waals surface area contributed by atoms with E-state index in [0.29, 0.717) is 18.5 Å². The maximum Gasteiger partial charge on any atom is 0.244 e. The summed E-state index contributed by atoms with van der Waals surface area (Å²) < 4.78 is 13.1. The second-order valence-electron chi connectivity index (χ2n) is 4.31. The number of amides is 1. The lowest BCUT2D eigenvalue weighted by molar-refractivity contribution is -0.123. The molecule has 0 saturated heterocycles. The molecule has 3 nitrogen and oxygen atoms in total. The van der Waals surface area contributed by atoms with Gasteiger partial charge in [0.25, 0.3) is 0 Å². The average molecular weight is 248 g/mol. The normalized spacial score (nSPS) is 10.8. The Balaban J connectivity index is 3.01. The Hall–Kier alpha value is -1.89. The molecule has 0 fully saturated rings. The fourth-order valence-corrected chi connectivity index (χ4v) is 1.75. The summed E-state index contributed by atoms with van der Waals surface area (Å²) in [7, 11) is 0. The van der Waals surface area contributed by atoms with Crippen LogP contribution < -0.4 is 5.32 Å². The highest BCUT2D eigenvalue weighted by Crippen LogP contribution is 2.28. The first kappa shape index (κ1) is 14.2. The second kappa shape index (κ2) is 5.63. The van der Waals surface area contributed by atoms with Gasteiger partial charge in [0.05, 0.1) is 6.07 Å². The highest BCUT2D eigenvalue weighted by Gasteiger charge is 2.35. The van der Waals surface area contributed by atoms with Gasteiger partial charge in [0, 0.05) is 5.69 Å². The smallest absolute Gasteiger partial charge is 0.244 e. The molecular formula is C14H17FN2O. The molecule has 1 N–H and O–H groups in total. The van der Waals surface area contributed by atoms with Crippen molar-refractivity contribution in [3.63, 3.8) is 0 Å². The highest BCUT2D eigenvalue weighted by molar-refractivity contribution is 5.97. The largest absolute Gasteiger partial charge is 0.324 e. The van der Waals surface area contributed by atoms with E-state index in [-0.39, 0.29) is 5.91 Å². The van der Waals surface area contributed by atoms with Crippen molar-refractivity contribution in [2.24, 2.45) is 5.41 Å². The fourth-order valence-electron chi connectivity index (χ4n) is 1.75. The van der Waals surface area contributed by atoms with E-state index in [9.17, 15) is 9.18 Å². The van der Waals surface area contributed by atoms with Gasteiger partial charge in [-0.25, -0.2) is 4.39 Å². The Morgan fingerprint density at radius 3 is 2.56 bits per heavy atom. The summed E-state index contributed by atoms with van der Waals surface area (Å²) >= 11 is 0. The number of halogens is 1. The predicted molar refractivity (Wildman–Crippen MR) is 68.4 cm³/mol. The molecule has 0 aromatic heterocycles. The minimum absolute atomic E-state index is 0.372. The highest BCUT2D eigenvalue weighted by atomic mass is 19.1. The van der Waals surface area contributed by atoms with Crippen LogP contribution >= 0.6 is 0 Å². The van der Waals surface area contributed by atoms with Crippen LogP contribution in [0.4, 0.5) is 10.1 Å². The molecule has 0 aliphatic rings. The molecule has 0 aliphatic heterocycles. The van der Waals surface area contributed by atoms with Crippen LogP contribution in [-0.2, 0) is 4.79 Å². The van der Waals surface area contributed by atoms with Gasteiger partial charge in [-0.05, 0) is 37.5 Å². The summed E-state index contributed by atoms with van der Waals surface area (Å²) in [6, 6.07) is 6.26. The topological polar surface area (TPSA) is 52.9 Å². The number of hydrogen-bond donors (Lipinski definition) is 1. The molecule has 1 amide bonds. The molecule has 96 valence electrons. The lowest BCUT2D eigenvalue weighted by Crippen LogP contribution is -2.34. The van der Waals surface area contributed by atoms with Crippen molar-refractivity contribution >= 4 is 11.6 Å². The minimum atomic E-state index is -1.04. The number of rotatable bonds is 4. The lowest BCUT2D eigenvalue weighted by atomic mass is 9.83. The molecule has 0 saturated carbocycles. The zero-order chi connectivity index (χ0) is 13.8. The van der Waals surface area contributed by atoms with Gasteiger partial charge in [0.1, 0.15) is 11.2 Å². The van der Waals surface area contributed by atoms with E-state index < -0.39 is 11.2 Å². The Kier molecular flexibility index (Phi) is 4.43. The SMILES string of the molecule is CCC(C#N)(CC)C(=O)Nc1cc(F)ccc1C. The Morgan fingerprint density at radius 1 is 1.44 bits per heavy atom. The van der Waals surface area contributed by atoms with Gasteiger partial charge in [-0.1, -0.05) is 19.9 Å². The third-order valence-electron chi connectivity index (χ3n) is 3.30. The van der Waals surface area contributed by atoms with E-state index in [1.165, 1.54) is 12.1 Å². The molecule has 18 heavy (non-hydrogen) atoms. The maximum absolute atomic E-state index is 13.1. The van der Waals surface area contributed by atoms with Crippen molar-refractivity contribution in [3.05, 3.63) is 29.6 Å². The van der Waals surface area contributed by atoms with E-state index in [2.05, 4.69) is 11.4 Å². The second-order valence-corrected chi connectivity index (χ2v) is 4.31. The van der Waals surface area contributed by atoms with Gasteiger partial charge in [0.15, 0.2) is 0 Å². The Labute approximate surface area is 107 Å². The van der Waals surface area contributed by atoms with Gasteiger partial charge in [0.2, 0.25) is 5.91 Å². The molecule has 1 aromatic rings. The first-order chi connectivity index (χ1) is 8.49. The molecule has 0 unspecified atom stereocenters. The van der Waals surface area contributed by atoms with Crippen molar-refractivity contribution in [2.75, 3.05) is 5.32 Å². The van der Waals surface area contributed by atoms with Crippen molar-refractivity contribution in [3.8, 4) is 6.07 Å². The van der Waals surface area contributed by atoms with Crippen LogP contribution in [0.25, 0.3) is 0 Å². The van der Waals surface area contributed by atoms with Crippen molar-refractivity contribution in [1.29, 1.82) is 5.26 Å². The molecular weight excluding hydrogens is 231 g/mol. The maximum atomic E-state index is 13.1. The lowest BCUT2D eigenvalue weighted by Gasteiger charge is -2.22. The fraction of sp³-hybridized carbons (Fsp3) is 0.429. The standard InChI is InChI=1S/C14H17FN2O/c1-4-14(5-2,9-16)13(18)17-12-8-11(15)7-6-10(12)3/h6-8H,4-5H2,1-3H3,(H,17,18). The van der Waals surface area contributed by atoms with Gasteiger partial charge in [-0.15, -0.1) is 0 Å². The first-order valence-electron chi connectivity index (χ1n) is 5.98. The number of nitrogens with one attached hydrogen (secondary N) is 1. The zero-order valence-corrected chi connectivity index (χ0v) is 10.9. The van der Waals surface area contributed by atoms with E-state index in [1.54, 1.807) is 26.8 Å². The molecule has 1 aromatic carbocycles. The quantitative estimate of drug-likeness (QED) is 0.887. The van der Waals surface area contributed by atoms with Crippen molar-refractivity contribution < 1.29 is 9.18 Å². The van der Waals surface area contributed by atoms with E-state index >= 15 is 0 Å². The van der Waals surface area contributed by atoms with Gasteiger partial charge < -0.3 is 5.32 Å². The summed E-state index contributed by atoms with van der Waals surface area (Å²) in [6.45, 7) is 5.37. The molecule has 0 radical (unpaired) electrons. The third-order valence-corrected chi connectivity index (χ3v) is 3.30. The zero-order valence-electron chi connectivity index (χ0n) is 10.9. The van der Waals surface area contributed by atoms with Crippen LogP contribution in [0.5, 0.6) is 0 Å². The first-order valence-corrected chi connectivity index (χ1v) is 5.98. The Morgan fingerprint density at radius 2 is 2.06 bits per heavy atom. The summed E-state index contributed by atoms with van der Waals surface area (Å²) in [5.74, 6) is -0.782. The van der Waals surface area contributed by atoms with Crippen LogP contribution in [0.3, 0.4) is 0 Å². The number of carbonyl (C=O) groups is 1. The van der Waals surface area contributed by atoms with Crippen LogP contribution in [-0.4, -0.2) is 5.91 Å². The molecule has 0 aliphatic carbocycles. The van der Waals surface area contributed by atoms with Gasteiger partial charge in [-0.3, -0.25) is 4.79 Å². The number of hydrogen-bond acceptors (Lipinski definition) is 2. The summed E-state index contributed by atoms with van der Waals surface area (Å²) in [4.78, 5) is 12.1. The number of nitrogens with zero attached hydrogens (tertiary/aromatic N) is 1. The number of anilines is 1. The van der Waals surface area contributed by atoms with Crippen LogP contribution in [0, 0.1) is 29.5 Å². The van der Waals surface area contributed by atoms with Crippen LogP contribution in [0.15, 0.2) is 18.2 Å². The van der Waals surface area contributed by atoms with Crippen LogP contribution in [0.2, 0.25) is 0 Å². The van der Waals surface area contributed by atoms with E-state index in [1.807, 2.05) is 0 Å². The van der Waals surface area contributed by atoms with Crippen molar-refractivity contribution in [2.45, 2.75) is 33.6 Å². The molecule has 0 spiro atoms. The molecule has 0 heterocycles. The summed E-state index contributed by atoms with van der Waals surface area (Å²) in [5.41, 5.74) is 0.143. The number of nitriles is 1. The minimum Gasteiger partial charge on any atom is -0.324 e. The number of aryl methyl sites for hydroxylation is 1. The molecule has 0 atom stereocenters. The Bertz CT molecular complexity index is 487. The molecule has 1 rings (SSSR count). The third kappa shape index (κ3) is 2.67. The van der Waals surface area contributed by atoms with Crippen LogP contribution in [0.1, 0.15) is 32.3 Å². The monoisotopic (exact) mass is 248 g/mol. The van der Waals surface area contributed by atoms with E-state index in [4.69, 9.17) is 5.26 Å². The van der Waals surface area contributed by atoms with Crippen molar-refractivity contribution in [1.82, 2.24) is 0 Å². The molecule has 0 bridgehead atoms.